The van der Waals surface area contributed by atoms with Crippen molar-refractivity contribution < 1.29 is 4.79 Å². The maximum absolute atomic E-state index is 11.7. The van der Waals surface area contributed by atoms with Gasteiger partial charge >= 0.3 is 5.37 Å². The van der Waals surface area contributed by atoms with Crippen LogP contribution >= 0.6 is 11.6 Å². The fourth-order valence-corrected chi connectivity index (χ4v) is 2.60. The van der Waals surface area contributed by atoms with Crippen molar-refractivity contribution >= 4 is 33.4 Å². The number of fused-ring (bicyclic) bond motifs is 1. The number of carbonyl (C=O) groups excluding carboxylic acids is 1. The van der Waals surface area contributed by atoms with Crippen molar-refractivity contribution in [2.45, 2.75) is 6.54 Å². The van der Waals surface area contributed by atoms with E-state index in [4.69, 9.17) is 11.6 Å². The number of hydrogen-bond acceptors (Lipinski definition) is 2. The molecule has 0 fully saturated rings. The predicted molar refractivity (Wildman–Crippen MR) is 91.0 cm³/mol. The molecule has 0 aliphatic heterocycles. The highest BCUT2D eigenvalue weighted by Crippen LogP contribution is 2.19. The summed E-state index contributed by atoms with van der Waals surface area (Å²) in [5, 5.41) is 3.12. The zero-order chi connectivity index (χ0) is 15.4. The van der Waals surface area contributed by atoms with Gasteiger partial charge in [-0.2, -0.15) is 0 Å². The van der Waals surface area contributed by atoms with Crippen LogP contribution in [-0.4, -0.2) is 5.37 Å². The molecule has 110 valence electrons. The molecule has 0 bridgehead atoms. The fraction of sp³-hybridized carbons (Fsp3) is 0.0556. The standard InChI is InChI=1S/C18H15ClN2O/c19-18(22)21(16-10-2-1-3-11-16)20-13-15-9-6-8-14-7-4-5-12-17(14)15/h1-12,20H,13H2. The molecule has 3 nitrogen and oxygen atoms in total. The first-order valence-corrected chi connectivity index (χ1v) is 7.38. The zero-order valence-electron chi connectivity index (χ0n) is 11.9. The van der Waals surface area contributed by atoms with E-state index < -0.39 is 5.37 Å². The van der Waals surface area contributed by atoms with Gasteiger partial charge in [-0.05, 0) is 40.1 Å². The van der Waals surface area contributed by atoms with Gasteiger partial charge in [0.25, 0.3) is 0 Å². The van der Waals surface area contributed by atoms with Crippen LogP contribution in [0.1, 0.15) is 5.56 Å². The Hall–Kier alpha value is -2.36. The summed E-state index contributed by atoms with van der Waals surface area (Å²) < 4.78 is 0. The lowest BCUT2D eigenvalue weighted by Crippen LogP contribution is -2.39. The number of amides is 1. The summed E-state index contributed by atoms with van der Waals surface area (Å²) in [6.07, 6.45) is 0. The minimum Gasteiger partial charge on any atom is -0.254 e. The van der Waals surface area contributed by atoms with Crippen LogP contribution in [0.3, 0.4) is 0 Å². The Morgan fingerprint density at radius 1 is 0.909 bits per heavy atom. The predicted octanol–water partition coefficient (Wildman–Crippen LogP) is 4.71. The number of para-hydroxylation sites is 1. The van der Waals surface area contributed by atoms with E-state index in [-0.39, 0.29) is 0 Å². The molecule has 0 radical (unpaired) electrons. The number of rotatable bonds is 4. The third-order valence-electron chi connectivity index (χ3n) is 3.50. The normalized spacial score (nSPS) is 10.6. The summed E-state index contributed by atoms with van der Waals surface area (Å²) in [6.45, 7) is 0.509. The summed E-state index contributed by atoms with van der Waals surface area (Å²) in [5.74, 6) is 0. The van der Waals surface area contributed by atoms with Crippen LogP contribution in [0.2, 0.25) is 0 Å². The van der Waals surface area contributed by atoms with Crippen LogP contribution in [0, 0.1) is 0 Å². The van der Waals surface area contributed by atoms with E-state index in [9.17, 15) is 4.79 Å². The third-order valence-corrected chi connectivity index (χ3v) is 3.67. The molecule has 0 unspecified atom stereocenters. The van der Waals surface area contributed by atoms with Crippen LogP contribution in [0.5, 0.6) is 0 Å². The van der Waals surface area contributed by atoms with Crippen molar-refractivity contribution in [3.63, 3.8) is 0 Å². The van der Waals surface area contributed by atoms with Gasteiger partial charge < -0.3 is 0 Å². The molecule has 1 amide bonds. The van der Waals surface area contributed by atoms with E-state index in [1.807, 2.05) is 54.6 Å². The molecule has 0 spiro atoms. The molecule has 0 heterocycles. The summed E-state index contributed by atoms with van der Waals surface area (Å²) in [7, 11) is 0. The molecule has 3 aromatic carbocycles. The van der Waals surface area contributed by atoms with E-state index in [0.717, 1.165) is 10.9 Å². The van der Waals surface area contributed by atoms with Gasteiger partial charge in [-0.25, -0.2) is 10.4 Å². The van der Waals surface area contributed by atoms with Crippen molar-refractivity contribution in [1.82, 2.24) is 5.43 Å². The van der Waals surface area contributed by atoms with Crippen LogP contribution in [0.25, 0.3) is 10.8 Å². The highest BCUT2D eigenvalue weighted by Gasteiger charge is 2.13. The highest BCUT2D eigenvalue weighted by atomic mass is 35.5. The van der Waals surface area contributed by atoms with Gasteiger partial charge in [0.15, 0.2) is 0 Å². The molecule has 0 atom stereocenters. The second-order valence-electron chi connectivity index (χ2n) is 4.90. The largest absolute Gasteiger partial charge is 0.335 e. The van der Waals surface area contributed by atoms with Gasteiger partial charge in [-0.15, -0.1) is 0 Å². The van der Waals surface area contributed by atoms with Crippen molar-refractivity contribution in [2.75, 3.05) is 5.01 Å². The second-order valence-corrected chi connectivity index (χ2v) is 5.22. The monoisotopic (exact) mass is 310 g/mol. The molecule has 0 aromatic heterocycles. The molecule has 3 aromatic rings. The molecule has 0 aliphatic carbocycles. The molecule has 0 saturated heterocycles. The smallest absolute Gasteiger partial charge is 0.254 e. The van der Waals surface area contributed by atoms with Gasteiger partial charge in [0.05, 0.1) is 5.69 Å². The first-order valence-electron chi connectivity index (χ1n) is 7.00. The molecule has 3 rings (SSSR count). The molecule has 0 aliphatic rings. The van der Waals surface area contributed by atoms with Crippen molar-refractivity contribution in [1.29, 1.82) is 0 Å². The van der Waals surface area contributed by atoms with E-state index in [0.29, 0.717) is 12.2 Å². The number of nitrogens with one attached hydrogen (secondary N) is 1. The number of hydrogen-bond donors (Lipinski definition) is 1. The fourth-order valence-electron chi connectivity index (χ4n) is 2.44. The average molecular weight is 311 g/mol. The first-order chi connectivity index (χ1) is 10.8. The SMILES string of the molecule is O=C(Cl)N(NCc1cccc2ccccc12)c1ccccc1. The summed E-state index contributed by atoms with van der Waals surface area (Å²) in [5.41, 5.74) is 4.91. The van der Waals surface area contributed by atoms with Gasteiger partial charge in [-0.1, -0.05) is 60.7 Å². The number of nitrogens with zero attached hydrogens (tertiary/aromatic N) is 1. The van der Waals surface area contributed by atoms with Gasteiger partial charge in [0, 0.05) is 6.54 Å². The molecule has 4 heteroatoms. The summed E-state index contributed by atoms with van der Waals surface area (Å²) >= 11 is 5.69. The van der Waals surface area contributed by atoms with E-state index in [2.05, 4.69) is 23.6 Å². The molecule has 22 heavy (non-hydrogen) atoms. The van der Waals surface area contributed by atoms with Crippen molar-refractivity contribution in [3.05, 3.63) is 78.4 Å². The third kappa shape index (κ3) is 3.11. The van der Waals surface area contributed by atoms with E-state index in [1.165, 1.54) is 10.4 Å². The number of halogens is 1. The lowest BCUT2D eigenvalue weighted by atomic mass is 10.1. The van der Waals surface area contributed by atoms with Crippen LogP contribution in [-0.2, 0) is 6.54 Å². The first kappa shape index (κ1) is 14.6. The summed E-state index contributed by atoms with van der Waals surface area (Å²) in [6, 6.07) is 23.6. The van der Waals surface area contributed by atoms with Crippen molar-refractivity contribution in [2.24, 2.45) is 0 Å². The Labute approximate surface area is 134 Å². The molecular weight excluding hydrogens is 296 g/mol. The van der Waals surface area contributed by atoms with Crippen LogP contribution in [0.4, 0.5) is 10.5 Å². The second kappa shape index (κ2) is 6.60. The Kier molecular flexibility index (Phi) is 4.37. The van der Waals surface area contributed by atoms with Gasteiger partial charge in [0.2, 0.25) is 0 Å². The van der Waals surface area contributed by atoms with Gasteiger partial charge in [-0.3, -0.25) is 4.79 Å². The molecular formula is C18H15ClN2O. The number of benzene rings is 3. The minimum atomic E-state index is -0.563. The number of hydrazine groups is 1. The maximum Gasteiger partial charge on any atom is 0.335 e. The lowest BCUT2D eigenvalue weighted by molar-refractivity contribution is 0.261. The Balaban J connectivity index is 1.84. The quantitative estimate of drug-likeness (QED) is 0.430. The van der Waals surface area contributed by atoms with Gasteiger partial charge in [0.1, 0.15) is 0 Å². The highest BCUT2D eigenvalue weighted by molar-refractivity contribution is 6.66. The maximum atomic E-state index is 11.7. The Bertz CT molecular complexity index is 784. The number of anilines is 1. The zero-order valence-corrected chi connectivity index (χ0v) is 12.6. The minimum absolute atomic E-state index is 0.509. The van der Waals surface area contributed by atoms with E-state index >= 15 is 0 Å². The summed E-state index contributed by atoms with van der Waals surface area (Å²) in [4.78, 5) is 11.7. The topological polar surface area (TPSA) is 32.3 Å². The Morgan fingerprint density at radius 2 is 1.59 bits per heavy atom. The van der Waals surface area contributed by atoms with E-state index in [1.54, 1.807) is 0 Å². The number of carbonyl (C=O) groups is 1. The lowest BCUT2D eigenvalue weighted by Gasteiger charge is -2.21. The van der Waals surface area contributed by atoms with Crippen LogP contribution in [0.15, 0.2) is 72.8 Å². The molecule has 1 N–H and O–H groups in total. The van der Waals surface area contributed by atoms with Crippen molar-refractivity contribution in [3.8, 4) is 0 Å². The Morgan fingerprint density at radius 3 is 2.36 bits per heavy atom. The average Bonchev–Trinajstić information content (AvgIpc) is 2.56. The van der Waals surface area contributed by atoms with Crippen LogP contribution < -0.4 is 10.4 Å². The molecule has 0 saturated carbocycles.